The molecule has 0 radical (unpaired) electrons. The third-order valence-corrected chi connectivity index (χ3v) is 8.13. The number of hydrogen-bond donors (Lipinski definition) is 0. The van der Waals surface area contributed by atoms with E-state index in [1.807, 2.05) is 36.4 Å². The molecule has 0 amide bonds. The Morgan fingerprint density at radius 2 is 1.29 bits per heavy atom. The Balaban J connectivity index is 2.21. The summed E-state index contributed by atoms with van der Waals surface area (Å²) in [5.74, 6) is 0. The van der Waals surface area contributed by atoms with Crippen LogP contribution in [-0.2, 0) is 34.8 Å². The lowest BCUT2D eigenvalue weighted by atomic mass is 10.1. The van der Waals surface area contributed by atoms with Gasteiger partial charge in [-0.2, -0.15) is 0 Å². The van der Waals surface area contributed by atoms with Crippen molar-refractivity contribution in [3.8, 4) is 0 Å². The lowest BCUT2D eigenvalue weighted by Crippen LogP contribution is -1.99. The standard InChI is InChI=1S/C14H16O5P2/c1-17-20(15)9-11-3-5-14-8-12(4-6-13(14)7-11)10-21(16,18-2)19-20/h3-8H,9-10H2,1-2H3. The van der Waals surface area contributed by atoms with Crippen LogP contribution in [0, 0.1) is 0 Å². The summed E-state index contributed by atoms with van der Waals surface area (Å²) < 4.78 is 40.9. The van der Waals surface area contributed by atoms with Gasteiger partial charge in [0.2, 0.25) is 0 Å². The summed E-state index contributed by atoms with van der Waals surface area (Å²) >= 11 is 0. The third-order valence-electron chi connectivity index (χ3n) is 3.53. The summed E-state index contributed by atoms with van der Waals surface area (Å²) in [4.78, 5) is 0. The van der Waals surface area contributed by atoms with Crippen molar-refractivity contribution in [2.45, 2.75) is 12.3 Å². The molecule has 2 aliphatic heterocycles. The fourth-order valence-corrected chi connectivity index (χ4v) is 6.49. The van der Waals surface area contributed by atoms with Gasteiger partial charge in [0, 0.05) is 14.2 Å². The van der Waals surface area contributed by atoms with Crippen molar-refractivity contribution < 1.29 is 22.5 Å². The van der Waals surface area contributed by atoms with E-state index in [0.717, 1.165) is 21.9 Å². The van der Waals surface area contributed by atoms with Crippen LogP contribution in [0.4, 0.5) is 0 Å². The van der Waals surface area contributed by atoms with E-state index >= 15 is 0 Å². The van der Waals surface area contributed by atoms with Gasteiger partial charge in [0.15, 0.2) is 0 Å². The highest BCUT2D eigenvalue weighted by atomic mass is 31.3. The van der Waals surface area contributed by atoms with Gasteiger partial charge in [-0.05, 0) is 21.9 Å². The second-order valence-electron chi connectivity index (χ2n) is 5.00. The normalized spacial score (nSPS) is 29.0. The minimum Gasteiger partial charge on any atom is -0.311 e. The molecule has 2 atom stereocenters. The molecule has 2 aromatic carbocycles. The first-order valence-electron chi connectivity index (χ1n) is 6.48. The van der Waals surface area contributed by atoms with E-state index in [-0.39, 0.29) is 12.3 Å². The Bertz CT molecular complexity index is 721. The van der Waals surface area contributed by atoms with Crippen LogP contribution in [0.15, 0.2) is 36.4 Å². The maximum absolute atomic E-state index is 12.7. The Kier molecular flexibility index (Phi) is 3.81. The van der Waals surface area contributed by atoms with Crippen molar-refractivity contribution >= 4 is 26.0 Å². The van der Waals surface area contributed by atoms with Crippen LogP contribution >= 0.6 is 15.2 Å². The molecule has 0 saturated carbocycles. The van der Waals surface area contributed by atoms with Gasteiger partial charge in [-0.25, -0.2) is 4.31 Å². The molecule has 0 aromatic heterocycles. The van der Waals surface area contributed by atoms with Crippen LogP contribution in [0.2, 0.25) is 0 Å². The van der Waals surface area contributed by atoms with E-state index in [1.54, 1.807) is 0 Å². The Morgan fingerprint density at radius 3 is 1.67 bits per heavy atom. The average Bonchev–Trinajstić information content (AvgIpc) is 2.50. The van der Waals surface area contributed by atoms with Crippen LogP contribution in [0.3, 0.4) is 0 Å². The van der Waals surface area contributed by atoms with Crippen LogP contribution in [0.25, 0.3) is 10.8 Å². The van der Waals surface area contributed by atoms with Gasteiger partial charge in [-0.3, -0.25) is 9.13 Å². The van der Waals surface area contributed by atoms with Gasteiger partial charge < -0.3 is 9.05 Å². The fourth-order valence-electron chi connectivity index (χ4n) is 2.43. The van der Waals surface area contributed by atoms with Crippen molar-refractivity contribution in [2.24, 2.45) is 0 Å². The highest BCUT2D eigenvalue weighted by Gasteiger charge is 2.36. The molecule has 0 spiro atoms. The molecule has 21 heavy (non-hydrogen) atoms. The Hall–Kier alpha value is -0.960. The van der Waals surface area contributed by atoms with Gasteiger partial charge in [-0.15, -0.1) is 0 Å². The average molecular weight is 326 g/mol. The predicted octanol–water partition coefficient (Wildman–Crippen LogP) is 4.55. The Labute approximate surface area is 123 Å². The van der Waals surface area contributed by atoms with E-state index in [1.165, 1.54) is 14.2 Å². The maximum atomic E-state index is 12.7. The number of hydrogen-bond acceptors (Lipinski definition) is 5. The molecule has 0 saturated heterocycles. The van der Waals surface area contributed by atoms with Crippen molar-refractivity contribution in [3.63, 3.8) is 0 Å². The van der Waals surface area contributed by atoms with Crippen molar-refractivity contribution in [1.82, 2.24) is 0 Å². The number of benzene rings is 2. The van der Waals surface area contributed by atoms with Crippen LogP contribution in [-0.4, -0.2) is 14.2 Å². The van der Waals surface area contributed by atoms with Gasteiger partial charge in [0.1, 0.15) is 0 Å². The van der Waals surface area contributed by atoms with Crippen LogP contribution in [0.5, 0.6) is 0 Å². The van der Waals surface area contributed by atoms with Gasteiger partial charge in [-0.1, -0.05) is 36.4 Å². The SMILES string of the molecule is COP1(=O)Cc2ccc3cc(ccc3c2)CP(=O)(OC)O1. The Morgan fingerprint density at radius 1 is 0.857 bits per heavy atom. The van der Waals surface area contributed by atoms with E-state index in [4.69, 9.17) is 13.4 Å². The second kappa shape index (κ2) is 5.35. The van der Waals surface area contributed by atoms with Crippen LogP contribution in [0.1, 0.15) is 11.1 Å². The molecule has 112 valence electrons. The van der Waals surface area contributed by atoms with E-state index in [0.29, 0.717) is 0 Å². The lowest BCUT2D eigenvalue weighted by molar-refractivity contribution is 0.275. The molecule has 2 aromatic rings. The van der Waals surface area contributed by atoms with Crippen molar-refractivity contribution in [3.05, 3.63) is 47.5 Å². The maximum Gasteiger partial charge on any atom is 0.341 e. The summed E-state index contributed by atoms with van der Waals surface area (Å²) in [6.07, 6.45) is 0.126. The monoisotopic (exact) mass is 326 g/mol. The van der Waals surface area contributed by atoms with Crippen molar-refractivity contribution in [2.75, 3.05) is 14.2 Å². The first-order chi connectivity index (χ1) is 9.95. The highest BCUT2D eigenvalue weighted by molar-refractivity contribution is 7.66. The highest BCUT2D eigenvalue weighted by Crippen LogP contribution is 2.67. The van der Waals surface area contributed by atoms with Crippen molar-refractivity contribution in [1.29, 1.82) is 0 Å². The van der Waals surface area contributed by atoms with Gasteiger partial charge >= 0.3 is 15.2 Å². The summed E-state index contributed by atoms with van der Waals surface area (Å²) in [7, 11) is -4.46. The molecule has 0 fully saturated rings. The zero-order valence-corrected chi connectivity index (χ0v) is 13.6. The molecule has 2 aliphatic rings. The predicted molar refractivity (Wildman–Crippen MR) is 81.7 cm³/mol. The molecule has 0 N–H and O–H groups in total. The topological polar surface area (TPSA) is 61.8 Å². The fraction of sp³-hybridized carbons (Fsp3) is 0.286. The summed E-state index contributed by atoms with van der Waals surface area (Å²) in [5, 5.41) is 2.07. The second-order valence-corrected chi connectivity index (χ2v) is 9.46. The number of fused-ring (bicyclic) bond motifs is 6. The molecule has 2 heterocycles. The van der Waals surface area contributed by atoms with E-state index < -0.39 is 15.2 Å². The molecule has 7 heteroatoms. The zero-order chi connectivity index (χ0) is 15.1. The quantitative estimate of drug-likeness (QED) is 0.758. The van der Waals surface area contributed by atoms with Gasteiger partial charge in [0.05, 0.1) is 12.3 Å². The smallest absolute Gasteiger partial charge is 0.311 e. The zero-order valence-electron chi connectivity index (χ0n) is 11.8. The van der Waals surface area contributed by atoms with Gasteiger partial charge in [0.25, 0.3) is 0 Å². The number of rotatable bonds is 2. The van der Waals surface area contributed by atoms with E-state index in [2.05, 4.69) is 0 Å². The minimum atomic E-state index is -3.53. The summed E-state index contributed by atoms with van der Waals surface area (Å²) in [5.41, 5.74) is 1.62. The molecule has 2 unspecified atom stereocenters. The van der Waals surface area contributed by atoms with Crippen LogP contribution < -0.4 is 0 Å². The molecule has 0 aliphatic carbocycles. The largest absolute Gasteiger partial charge is 0.341 e. The summed E-state index contributed by atoms with van der Waals surface area (Å²) in [6, 6.07) is 11.6. The molecule has 5 nitrogen and oxygen atoms in total. The third kappa shape index (κ3) is 2.98. The lowest BCUT2D eigenvalue weighted by Gasteiger charge is -2.22. The minimum absolute atomic E-state index is 0.0628. The molecule has 4 bridgehead atoms. The molecule has 4 rings (SSSR count). The molecular weight excluding hydrogens is 310 g/mol. The first-order valence-corrected chi connectivity index (χ1v) is 9.93. The summed E-state index contributed by atoms with van der Waals surface area (Å²) in [6.45, 7) is 0. The molecular formula is C14H16O5P2. The first kappa shape index (κ1) is 15.0. The van der Waals surface area contributed by atoms with E-state index in [9.17, 15) is 9.13 Å².